The molecule has 0 saturated heterocycles. The Labute approximate surface area is 113 Å². The van der Waals surface area contributed by atoms with Gasteiger partial charge in [-0.25, -0.2) is 4.39 Å². The van der Waals surface area contributed by atoms with Gasteiger partial charge in [-0.1, -0.05) is 29.8 Å². The van der Waals surface area contributed by atoms with Crippen LogP contribution in [-0.4, -0.2) is 6.04 Å². The number of rotatable bonds is 4. The molecule has 2 aromatic rings. The summed E-state index contributed by atoms with van der Waals surface area (Å²) >= 11 is 0. The summed E-state index contributed by atoms with van der Waals surface area (Å²) in [6.07, 6.45) is 0.700. The molecule has 0 aliphatic carbocycles. The molecule has 0 aliphatic rings. The summed E-state index contributed by atoms with van der Waals surface area (Å²) in [5.74, 6) is 0.528. The van der Waals surface area contributed by atoms with Crippen molar-refractivity contribution in [3.05, 3.63) is 59.4 Å². The zero-order chi connectivity index (χ0) is 13.8. The minimum atomic E-state index is -0.366. The minimum Gasteiger partial charge on any atom is -0.454 e. The Morgan fingerprint density at radius 2 is 1.89 bits per heavy atom. The lowest BCUT2D eigenvalue weighted by Crippen LogP contribution is -2.18. The van der Waals surface area contributed by atoms with Gasteiger partial charge >= 0.3 is 0 Å². The van der Waals surface area contributed by atoms with Crippen molar-refractivity contribution in [2.45, 2.75) is 26.3 Å². The molecular weight excluding hydrogens is 241 g/mol. The summed E-state index contributed by atoms with van der Waals surface area (Å²) in [6.45, 7) is 3.95. The van der Waals surface area contributed by atoms with Crippen LogP contribution in [0.15, 0.2) is 42.5 Å². The van der Waals surface area contributed by atoms with Gasteiger partial charge in [0.05, 0.1) is 0 Å². The Hall–Kier alpha value is -1.87. The van der Waals surface area contributed by atoms with Crippen LogP contribution in [0.2, 0.25) is 0 Å². The third-order valence-electron chi connectivity index (χ3n) is 2.81. The van der Waals surface area contributed by atoms with Crippen molar-refractivity contribution in [3.63, 3.8) is 0 Å². The predicted molar refractivity (Wildman–Crippen MR) is 75.0 cm³/mol. The predicted octanol–water partition coefficient (Wildman–Crippen LogP) is 3.82. The SMILES string of the molecule is Cc1ccc(Oc2ccccc2F)c(CC(C)N)c1. The number of para-hydroxylation sites is 1. The summed E-state index contributed by atoms with van der Waals surface area (Å²) in [5.41, 5.74) is 7.97. The van der Waals surface area contributed by atoms with E-state index in [0.29, 0.717) is 12.2 Å². The number of benzene rings is 2. The molecule has 0 amide bonds. The molecule has 0 aromatic heterocycles. The maximum absolute atomic E-state index is 13.6. The fourth-order valence-corrected chi connectivity index (χ4v) is 1.96. The van der Waals surface area contributed by atoms with Gasteiger partial charge in [0.15, 0.2) is 11.6 Å². The standard InChI is InChI=1S/C16H18FNO/c1-11-7-8-15(13(9-11)10-12(2)18)19-16-6-4-3-5-14(16)17/h3-9,12H,10,18H2,1-2H3. The first-order valence-corrected chi connectivity index (χ1v) is 6.34. The molecule has 0 spiro atoms. The maximum atomic E-state index is 13.6. The third-order valence-corrected chi connectivity index (χ3v) is 2.81. The van der Waals surface area contributed by atoms with Crippen molar-refractivity contribution >= 4 is 0 Å². The van der Waals surface area contributed by atoms with Crippen LogP contribution in [0.3, 0.4) is 0 Å². The monoisotopic (exact) mass is 259 g/mol. The van der Waals surface area contributed by atoms with Gasteiger partial charge in [-0.05, 0) is 44.0 Å². The fourth-order valence-electron chi connectivity index (χ4n) is 1.96. The van der Waals surface area contributed by atoms with E-state index in [4.69, 9.17) is 10.5 Å². The molecule has 100 valence electrons. The molecule has 3 heteroatoms. The molecule has 2 nitrogen and oxygen atoms in total. The van der Waals surface area contributed by atoms with E-state index in [-0.39, 0.29) is 17.6 Å². The van der Waals surface area contributed by atoms with Gasteiger partial charge in [0.1, 0.15) is 5.75 Å². The van der Waals surface area contributed by atoms with Crippen LogP contribution >= 0.6 is 0 Å². The van der Waals surface area contributed by atoms with Crippen molar-refractivity contribution in [3.8, 4) is 11.5 Å². The van der Waals surface area contributed by atoms with Crippen LogP contribution in [0.25, 0.3) is 0 Å². The Morgan fingerprint density at radius 3 is 2.58 bits per heavy atom. The zero-order valence-electron chi connectivity index (χ0n) is 11.2. The minimum absolute atomic E-state index is 0.0322. The summed E-state index contributed by atoms with van der Waals surface area (Å²) in [6, 6.07) is 12.3. The highest BCUT2D eigenvalue weighted by molar-refractivity contribution is 5.41. The van der Waals surface area contributed by atoms with Crippen LogP contribution < -0.4 is 10.5 Å². The number of halogens is 1. The average Bonchev–Trinajstić information content (AvgIpc) is 2.34. The highest BCUT2D eigenvalue weighted by Gasteiger charge is 2.10. The molecule has 0 saturated carbocycles. The molecule has 2 aromatic carbocycles. The lowest BCUT2D eigenvalue weighted by atomic mass is 10.0. The number of ether oxygens (including phenoxy) is 1. The fraction of sp³-hybridized carbons (Fsp3) is 0.250. The second-order valence-electron chi connectivity index (χ2n) is 4.83. The van der Waals surface area contributed by atoms with Crippen LogP contribution in [0.1, 0.15) is 18.1 Å². The van der Waals surface area contributed by atoms with Crippen molar-refractivity contribution < 1.29 is 9.13 Å². The van der Waals surface area contributed by atoms with E-state index in [2.05, 4.69) is 0 Å². The molecule has 0 heterocycles. The normalized spacial score (nSPS) is 12.2. The van der Waals surface area contributed by atoms with Crippen LogP contribution in [0, 0.1) is 12.7 Å². The van der Waals surface area contributed by atoms with Crippen molar-refractivity contribution in [2.24, 2.45) is 5.73 Å². The largest absolute Gasteiger partial charge is 0.454 e. The zero-order valence-corrected chi connectivity index (χ0v) is 11.2. The van der Waals surface area contributed by atoms with Gasteiger partial charge in [-0.15, -0.1) is 0 Å². The highest BCUT2D eigenvalue weighted by atomic mass is 19.1. The van der Waals surface area contributed by atoms with Gasteiger partial charge in [-0.2, -0.15) is 0 Å². The van der Waals surface area contributed by atoms with E-state index in [1.807, 2.05) is 32.0 Å². The molecule has 2 N–H and O–H groups in total. The smallest absolute Gasteiger partial charge is 0.165 e. The molecule has 0 radical (unpaired) electrons. The van der Waals surface area contributed by atoms with E-state index in [9.17, 15) is 4.39 Å². The topological polar surface area (TPSA) is 35.2 Å². The maximum Gasteiger partial charge on any atom is 0.165 e. The van der Waals surface area contributed by atoms with E-state index >= 15 is 0 Å². The Morgan fingerprint density at radius 1 is 1.16 bits per heavy atom. The van der Waals surface area contributed by atoms with Crippen molar-refractivity contribution in [2.75, 3.05) is 0 Å². The van der Waals surface area contributed by atoms with E-state index in [1.165, 1.54) is 6.07 Å². The van der Waals surface area contributed by atoms with E-state index < -0.39 is 0 Å². The van der Waals surface area contributed by atoms with Crippen LogP contribution in [0.5, 0.6) is 11.5 Å². The average molecular weight is 259 g/mol. The van der Waals surface area contributed by atoms with Crippen molar-refractivity contribution in [1.82, 2.24) is 0 Å². The second kappa shape index (κ2) is 5.85. The third kappa shape index (κ3) is 3.55. The molecular formula is C16H18FNO. The Kier molecular flexibility index (Phi) is 4.17. The first-order chi connectivity index (χ1) is 9.06. The lowest BCUT2D eigenvalue weighted by Gasteiger charge is -2.14. The lowest BCUT2D eigenvalue weighted by molar-refractivity contribution is 0.436. The number of aryl methyl sites for hydroxylation is 1. The Bertz CT molecular complexity index is 566. The number of nitrogens with two attached hydrogens (primary N) is 1. The quantitative estimate of drug-likeness (QED) is 0.906. The van der Waals surface area contributed by atoms with Crippen LogP contribution in [0.4, 0.5) is 4.39 Å². The molecule has 19 heavy (non-hydrogen) atoms. The molecule has 0 aliphatic heterocycles. The molecule has 1 atom stereocenters. The van der Waals surface area contributed by atoms with E-state index in [1.54, 1.807) is 18.2 Å². The molecule has 0 bridgehead atoms. The summed E-state index contributed by atoms with van der Waals surface area (Å²) in [4.78, 5) is 0. The van der Waals surface area contributed by atoms with Gasteiger partial charge in [-0.3, -0.25) is 0 Å². The Balaban J connectivity index is 2.32. The first-order valence-electron chi connectivity index (χ1n) is 6.34. The summed E-state index contributed by atoms with van der Waals surface area (Å²) < 4.78 is 19.3. The molecule has 2 rings (SSSR count). The van der Waals surface area contributed by atoms with Gasteiger partial charge in [0, 0.05) is 6.04 Å². The van der Waals surface area contributed by atoms with Gasteiger partial charge in [0.2, 0.25) is 0 Å². The van der Waals surface area contributed by atoms with Gasteiger partial charge < -0.3 is 10.5 Å². The molecule has 0 fully saturated rings. The second-order valence-corrected chi connectivity index (χ2v) is 4.83. The van der Waals surface area contributed by atoms with Crippen molar-refractivity contribution in [1.29, 1.82) is 0 Å². The van der Waals surface area contributed by atoms with Gasteiger partial charge in [0.25, 0.3) is 0 Å². The first kappa shape index (κ1) is 13.6. The summed E-state index contributed by atoms with van der Waals surface area (Å²) in [5, 5.41) is 0. The number of hydrogen-bond donors (Lipinski definition) is 1. The summed E-state index contributed by atoms with van der Waals surface area (Å²) in [7, 11) is 0. The van der Waals surface area contributed by atoms with Crippen LogP contribution in [-0.2, 0) is 6.42 Å². The number of hydrogen-bond acceptors (Lipinski definition) is 2. The van der Waals surface area contributed by atoms with E-state index in [0.717, 1.165) is 11.1 Å². The highest BCUT2D eigenvalue weighted by Crippen LogP contribution is 2.28. The molecule has 1 unspecified atom stereocenters.